The third-order valence-electron chi connectivity index (χ3n) is 3.55. The minimum Gasteiger partial charge on any atom is -0.466 e. The smallest absolute Gasteiger partial charge is 0.307 e. The van der Waals surface area contributed by atoms with Crippen molar-refractivity contribution >= 4 is 5.97 Å². The second-order valence-electron chi connectivity index (χ2n) is 6.35. The van der Waals surface area contributed by atoms with E-state index in [1.165, 1.54) is 6.07 Å². The van der Waals surface area contributed by atoms with Crippen molar-refractivity contribution in [3.05, 3.63) is 35.4 Å². The lowest BCUT2D eigenvalue weighted by Gasteiger charge is -2.37. The lowest BCUT2D eigenvalue weighted by molar-refractivity contribution is -0.143. The monoisotopic (exact) mass is 329 g/mol. The molecule has 0 aliphatic rings. The Labute approximate surface area is 136 Å². The molecule has 0 saturated carbocycles. The molecule has 0 unspecified atom stereocenters. The highest BCUT2D eigenvalue weighted by molar-refractivity contribution is 5.69. The zero-order valence-corrected chi connectivity index (χ0v) is 14.1. The summed E-state index contributed by atoms with van der Waals surface area (Å²) < 4.78 is 31.6. The van der Waals surface area contributed by atoms with Crippen LogP contribution in [0.3, 0.4) is 0 Å². The number of β-amino-alcohol motifs (C(OH)–C–C–N with tert-alkyl or cyclic N) is 1. The van der Waals surface area contributed by atoms with E-state index in [4.69, 9.17) is 4.74 Å². The first-order chi connectivity index (χ1) is 10.6. The quantitative estimate of drug-likeness (QED) is 0.781. The predicted molar refractivity (Wildman–Crippen MR) is 83.9 cm³/mol. The number of rotatable bonds is 7. The van der Waals surface area contributed by atoms with Crippen molar-refractivity contribution in [2.24, 2.45) is 0 Å². The second kappa shape index (κ2) is 8.36. The Morgan fingerprint density at radius 2 is 2.00 bits per heavy atom. The van der Waals surface area contributed by atoms with E-state index < -0.39 is 17.7 Å². The van der Waals surface area contributed by atoms with E-state index in [0.29, 0.717) is 13.2 Å². The Hall–Kier alpha value is -1.53. The van der Waals surface area contributed by atoms with Gasteiger partial charge in [-0.25, -0.2) is 8.78 Å². The van der Waals surface area contributed by atoms with Gasteiger partial charge in [-0.2, -0.15) is 0 Å². The number of hydrogen-bond acceptors (Lipinski definition) is 4. The lowest BCUT2D eigenvalue weighted by Crippen LogP contribution is -2.45. The van der Waals surface area contributed by atoms with Crippen molar-refractivity contribution in [3.8, 4) is 0 Å². The van der Waals surface area contributed by atoms with Crippen LogP contribution in [0.1, 0.15) is 45.8 Å². The molecule has 1 N–H and O–H groups in total. The van der Waals surface area contributed by atoms with Gasteiger partial charge in [0.2, 0.25) is 0 Å². The van der Waals surface area contributed by atoms with Gasteiger partial charge in [-0.05, 0) is 33.8 Å². The topological polar surface area (TPSA) is 49.8 Å². The predicted octanol–water partition coefficient (Wildman–Crippen LogP) is 3.05. The number of aliphatic hydroxyl groups excluding tert-OH is 1. The molecule has 0 aliphatic carbocycles. The molecule has 0 bridgehead atoms. The molecule has 4 nitrogen and oxygen atoms in total. The van der Waals surface area contributed by atoms with Crippen LogP contribution in [0.25, 0.3) is 0 Å². The Bertz CT molecular complexity index is 529. The van der Waals surface area contributed by atoms with Crippen LogP contribution in [0.4, 0.5) is 8.78 Å². The van der Waals surface area contributed by atoms with Gasteiger partial charge in [0.05, 0.1) is 19.1 Å². The highest BCUT2D eigenvalue weighted by atomic mass is 19.1. The molecule has 0 spiro atoms. The van der Waals surface area contributed by atoms with Crippen LogP contribution in [0.15, 0.2) is 18.2 Å². The summed E-state index contributed by atoms with van der Waals surface area (Å²) in [5.41, 5.74) is -0.291. The van der Waals surface area contributed by atoms with Gasteiger partial charge >= 0.3 is 5.97 Å². The Morgan fingerprint density at radius 3 is 2.52 bits per heavy atom. The fraction of sp³-hybridized carbons (Fsp3) is 0.588. The Kier molecular flexibility index (Phi) is 7.09. The van der Waals surface area contributed by atoms with Crippen molar-refractivity contribution in [1.82, 2.24) is 4.90 Å². The molecule has 1 aromatic carbocycles. The van der Waals surface area contributed by atoms with Gasteiger partial charge in [-0.3, -0.25) is 9.69 Å². The van der Waals surface area contributed by atoms with E-state index in [0.717, 1.165) is 12.1 Å². The number of ether oxygens (including phenoxy) is 1. The number of aliphatic hydroxyl groups is 1. The standard InChI is InChI=1S/C17H25F2NO3/c1-5-23-16(22)8-9-20(17(2,3)4)11-15(21)13-7-6-12(18)10-14(13)19/h6-7,10,15,21H,5,8-9,11H2,1-4H3/t15-/m1/s1. The number of carbonyl (C=O) groups excluding carboxylic acids is 1. The zero-order valence-electron chi connectivity index (χ0n) is 14.1. The molecule has 1 rings (SSSR count). The molecular formula is C17H25F2NO3. The van der Waals surface area contributed by atoms with Crippen LogP contribution in [0.2, 0.25) is 0 Å². The first-order valence-electron chi connectivity index (χ1n) is 7.68. The molecule has 0 aliphatic heterocycles. The number of halogens is 2. The van der Waals surface area contributed by atoms with Crippen molar-refractivity contribution < 1.29 is 23.4 Å². The molecule has 6 heteroatoms. The number of carbonyl (C=O) groups is 1. The summed E-state index contributed by atoms with van der Waals surface area (Å²) in [6, 6.07) is 3.10. The van der Waals surface area contributed by atoms with Crippen molar-refractivity contribution in [2.75, 3.05) is 19.7 Å². The van der Waals surface area contributed by atoms with E-state index in [-0.39, 0.29) is 30.0 Å². The molecular weight excluding hydrogens is 304 g/mol. The molecule has 130 valence electrons. The number of benzene rings is 1. The summed E-state index contributed by atoms with van der Waals surface area (Å²) in [6.07, 6.45) is -0.930. The average molecular weight is 329 g/mol. The zero-order chi connectivity index (χ0) is 17.6. The molecule has 0 saturated heterocycles. The highest BCUT2D eigenvalue weighted by Gasteiger charge is 2.26. The number of hydrogen-bond donors (Lipinski definition) is 1. The van der Waals surface area contributed by atoms with E-state index in [1.807, 2.05) is 25.7 Å². The van der Waals surface area contributed by atoms with Gasteiger partial charge in [0, 0.05) is 30.3 Å². The fourth-order valence-electron chi connectivity index (χ4n) is 2.24. The molecule has 0 amide bonds. The minimum absolute atomic E-state index is 0.0387. The van der Waals surface area contributed by atoms with Crippen LogP contribution in [-0.4, -0.2) is 41.2 Å². The summed E-state index contributed by atoms with van der Waals surface area (Å²) >= 11 is 0. The lowest BCUT2D eigenvalue weighted by atomic mass is 10.0. The van der Waals surface area contributed by atoms with Crippen LogP contribution in [0, 0.1) is 11.6 Å². The van der Waals surface area contributed by atoms with Crippen molar-refractivity contribution in [3.63, 3.8) is 0 Å². The maximum atomic E-state index is 13.8. The number of nitrogens with zero attached hydrogens (tertiary/aromatic N) is 1. The molecule has 0 radical (unpaired) electrons. The van der Waals surface area contributed by atoms with Crippen LogP contribution in [0.5, 0.6) is 0 Å². The number of esters is 1. The molecule has 0 fully saturated rings. The molecule has 1 atom stereocenters. The van der Waals surface area contributed by atoms with Crippen LogP contribution in [-0.2, 0) is 9.53 Å². The molecule has 23 heavy (non-hydrogen) atoms. The highest BCUT2D eigenvalue weighted by Crippen LogP contribution is 2.23. The van der Waals surface area contributed by atoms with Gasteiger partial charge in [0.25, 0.3) is 0 Å². The van der Waals surface area contributed by atoms with E-state index in [1.54, 1.807) is 6.92 Å². The van der Waals surface area contributed by atoms with Crippen molar-refractivity contribution in [2.45, 2.75) is 45.8 Å². The SMILES string of the molecule is CCOC(=O)CCN(C[C@@H](O)c1ccc(F)cc1F)C(C)(C)C. The van der Waals surface area contributed by atoms with Gasteiger partial charge < -0.3 is 9.84 Å². The minimum atomic E-state index is -1.11. The van der Waals surface area contributed by atoms with Crippen LogP contribution >= 0.6 is 0 Å². The fourth-order valence-corrected chi connectivity index (χ4v) is 2.24. The maximum Gasteiger partial charge on any atom is 0.307 e. The summed E-state index contributed by atoms with van der Waals surface area (Å²) in [7, 11) is 0. The largest absolute Gasteiger partial charge is 0.466 e. The maximum absolute atomic E-state index is 13.8. The van der Waals surface area contributed by atoms with Gasteiger partial charge in [-0.15, -0.1) is 0 Å². The van der Waals surface area contributed by atoms with E-state index in [9.17, 15) is 18.7 Å². The van der Waals surface area contributed by atoms with Crippen LogP contribution < -0.4 is 0 Å². The normalized spacial score (nSPS) is 13.2. The van der Waals surface area contributed by atoms with E-state index >= 15 is 0 Å². The third kappa shape index (κ3) is 6.23. The summed E-state index contributed by atoms with van der Waals surface area (Å²) in [5, 5.41) is 10.3. The third-order valence-corrected chi connectivity index (χ3v) is 3.55. The Morgan fingerprint density at radius 1 is 1.35 bits per heavy atom. The molecule has 0 aromatic heterocycles. The Balaban J connectivity index is 2.78. The van der Waals surface area contributed by atoms with Gasteiger partial charge in [-0.1, -0.05) is 6.07 Å². The second-order valence-corrected chi connectivity index (χ2v) is 6.35. The molecule has 0 heterocycles. The van der Waals surface area contributed by atoms with E-state index in [2.05, 4.69) is 0 Å². The van der Waals surface area contributed by atoms with Gasteiger partial charge in [0.15, 0.2) is 0 Å². The molecule has 1 aromatic rings. The van der Waals surface area contributed by atoms with Crippen molar-refractivity contribution in [1.29, 1.82) is 0 Å². The average Bonchev–Trinajstić information content (AvgIpc) is 2.42. The first kappa shape index (κ1) is 19.5. The van der Waals surface area contributed by atoms with Gasteiger partial charge in [0.1, 0.15) is 11.6 Å². The summed E-state index contributed by atoms with van der Waals surface area (Å²) in [4.78, 5) is 13.4. The summed E-state index contributed by atoms with van der Waals surface area (Å²) in [6.45, 7) is 8.37. The first-order valence-corrected chi connectivity index (χ1v) is 7.68. The summed E-state index contributed by atoms with van der Waals surface area (Å²) in [5.74, 6) is -1.78.